The number of para-hydroxylation sites is 1. The molecule has 3 aliphatic rings. The van der Waals surface area contributed by atoms with E-state index < -0.39 is 5.60 Å². The quantitative estimate of drug-likeness (QED) is 0.130. The van der Waals surface area contributed by atoms with Crippen LogP contribution < -0.4 is 23.8 Å². The van der Waals surface area contributed by atoms with Gasteiger partial charge in [0.25, 0.3) is 0 Å². The molecule has 0 saturated carbocycles. The third-order valence-electron chi connectivity index (χ3n) is 12.0. The number of rotatable bonds is 10. The minimum atomic E-state index is -0.897. The van der Waals surface area contributed by atoms with Crippen molar-refractivity contribution >= 4 is 22.5 Å². The Kier molecular flexibility index (Phi) is 9.25. The van der Waals surface area contributed by atoms with Crippen molar-refractivity contribution in [2.24, 2.45) is 0 Å². The molecule has 56 heavy (non-hydrogen) atoms. The van der Waals surface area contributed by atoms with Crippen LogP contribution in [0.5, 0.6) is 23.0 Å². The molecule has 2 aliphatic heterocycles. The zero-order chi connectivity index (χ0) is 38.4. The molecular weight excluding hydrogens is 695 g/mol. The minimum absolute atomic E-state index is 0.338. The Labute approximate surface area is 330 Å². The molecule has 0 bridgehead atoms. The summed E-state index contributed by atoms with van der Waals surface area (Å²) in [7, 11) is 3.47. The number of methoxy groups -OCH3 is 2. The summed E-state index contributed by atoms with van der Waals surface area (Å²) in [5, 5.41) is 2.16. The van der Waals surface area contributed by atoms with E-state index in [9.17, 15) is 0 Å². The van der Waals surface area contributed by atoms with Gasteiger partial charge in [-0.2, -0.15) is 0 Å². The van der Waals surface area contributed by atoms with Gasteiger partial charge in [-0.25, -0.2) is 0 Å². The smallest absolute Gasteiger partial charge is 0.178 e. The van der Waals surface area contributed by atoms with E-state index in [1.54, 1.807) is 14.2 Å². The molecule has 6 aromatic rings. The molecule has 6 nitrogen and oxygen atoms in total. The molecule has 0 aromatic heterocycles. The van der Waals surface area contributed by atoms with E-state index in [0.29, 0.717) is 6.61 Å². The van der Waals surface area contributed by atoms with E-state index in [4.69, 9.17) is 23.7 Å². The Bertz CT molecular complexity index is 2440. The van der Waals surface area contributed by atoms with Gasteiger partial charge in [0.05, 0.1) is 34.0 Å². The van der Waals surface area contributed by atoms with Crippen LogP contribution in [0.25, 0.3) is 39.1 Å². The molecule has 0 amide bonds. The summed E-state index contributed by atoms with van der Waals surface area (Å²) < 4.78 is 31.0. The van der Waals surface area contributed by atoms with Crippen LogP contribution in [-0.2, 0) is 15.8 Å². The summed E-state index contributed by atoms with van der Waals surface area (Å²) in [6.07, 6.45) is 6.70. The van der Waals surface area contributed by atoms with Crippen molar-refractivity contribution in [2.75, 3.05) is 52.0 Å². The number of nitrogens with zero attached hydrogens (tertiary/aromatic N) is 1. The third-order valence-corrected chi connectivity index (χ3v) is 12.0. The molecule has 1 unspecified atom stereocenters. The van der Waals surface area contributed by atoms with Crippen molar-refractivity contribution in [1.82, 2.24) is 0 Å². The van der Waals surface area contributed by atoms with Gasteiger partial charge in [0.1, 0.15) is 23.0 Å². The van der Waals surface area contributed by atoms with Crippen molar-refractivity contribution in [3.8, 4) is 45.3 Å². The van der Waals surface area contributed by atoms with Gasteiger partial charge in [0.2, 0.25) is 0 Å². The lowest BCUT2D eigenvalue weighted by atomic mass is 9.76. The fourth-order valence-corrected chi connectivity index (χ4v) is 8.99. The van der Waals surface area contributed by atoms with Gasteiger partial charge >= 0.3 is 0 Å². The van der Waals surface area contributed by atoms with Crippen LogP contribution >= 0.6 is 0 Å². The first kappa shape index (κ1) is 35.9. The molecule has 6 aromatic carbocycles. The Balaban J connectivity index is 1.22. The lowest BCUT2D eigenvalue weighted by molar-refractivity contribution is 0.122. The Morgan fingerprint density at radius 1 is 0.732 bits per heavy atom. The highest BCUT2D eigenvalue weighted by molar-refractivity contribution is 6.09. The molecule has 1 atom stereocenters. The summed E-state index contributed by atoms with van der Waals surface area (Å²) in [5.41, 5.74) is 10.4. The molecule has 0 spiro atoms. The van der Waals surface area contributed by atoms with Crippen LogP contribution in [0.2, 0.25) is 0 Å². The summed E-state index contributed by atoms with van der Waals surface area (Å²) in [6, 6.07) is 38.8. The highest BCUT2D eigenvalue weighted by Crippen LogP contribution is 2.59. The first-order valence-corrected chi connectivity index (χ1v) is 19.9. The average Bonchev–Trinajstić information content (AvgIpc) is 3.49. The summed E-state index contributed by atoms with van der Waals surface area (Å²) in [6.45, 7) is 10.8. The number of fused-ring (bicyclic) bond motifs is 8. The fraction of sp³-hybridized carbons (Fsp3) is 0.280. The van der Waals surface area contributed by atoms with Crippen LogP contribution in [0.4, 0.5) is 5.69 Å². The van der Waals surface area contributed by atoms with Gasteiger partial charge in [-0.1, -0.05) is 87.9 Å². The molecule has 1 saturated heterocycles. The van der Waals surface area contributed by atoms with Crippen LogP contribution in [0.15, 0.2) is 115 Å². The zero-order valence-corrected chi connectivity index (χ0v) is 33.0. The zero-order valence-electron chi connectivity index (χ0n) is 33.0. The Morgan fingerprint density at radius 3 is 2.20 bits per heavy atom. The molecule has 0 N–H and O–H groups in total. The monoisotopic (exact) mass is 743 g/mol. The van der Waals surface area contributed by atoms with Gasteiger partial charge in [-0.3, -0.25) is 0 Å². The van der Waals surface area contributed by atoms with Gasteiger partial charge in [0.15, 0.2) is 5.60 Å². The maximum Gasteiger partial charge on any atom is 0.178 e. The normalized spacial score (nSPS) is 17.8. The Morgan fingerprint density at radius 2 is 1.46 bits per heavy atom. The van der Waals surface area contributed by atoms with Crippen LogP contribution in [0, 0.1) is 0 Å². The van der Waals surface area contributed by atoms with E-state index in [-0.39, 0.29) is 5.41 Å². The third kappa shape index (κ3) is 5.90. The number of unbranched alkanes of at least 4 members (excludes halogenated alkanes) is 1. The number of anilines is 1. The molecule has 2 heterocycles. The molecule has 0 radical (unpaired) electrons. The predicted molar refractivity (Wildman–Crippen MR) is 227 cm³/mol. The number of hydrogen-bond acceptors (Lipinski definition) is 6. The van der Waals surface area contributed by atoms with Crippen molar-refractivity contribution in [3.63, 3.8) is 0 Å². The SMILES string of the molecule is CCCCOc1ccc(C2(c3ccc(N4CCOCC4)cc3)C=Cc3c4c(c5cc(OC)ccc5c3O2)-c2ccc(-c3ccccc3OC)cc2C4(C)C)cc1. The van der Waals surface area contributed by atoms with Gasteiger partial charge in [-0.15, -0.1) is 0 Å². The van der Waals surface area contributed by atoms with Crippen molar-refractivity contribution < 1.29 is 23.7 Å². The largest absolute Gasteiger partial charge is 0.497 e. The number of ether oxygens (including phenoxy) is 5. The molecule has 1 aliphatic carbocycles. The lowest BCUT2D eigenvalue weighted by Crippen LogP contribution is -2.37. The predicted octanol–water partition coefficient (Wildman–Crippen LogP) is 11.2. The number of benzene rings is 6. The highest BCUT2D eigenvalue weighted by Gasteiger charge is 2.44. The van der Waals surface area contributed by atoms with E-state index in [2.05, 4.69) is 129 Å². The van der Waals surface area contributed by atoms with E-state index in [1.807, 2.05) is 18.2 Å². The Hall–Kier alpha value is -5.72. The van der Waals surface area contributed by atoms with Crippen LogP contribution in [0.3, 0.4) is 0 Å². The molecule has 284 valence electrons. The van der Waals surface area contributed by atoms with Crippen molar-refractivity contribution in [3.05, 3.63) is 143 Å². The molecule has 1 fully saturated rings. The second kappa shape index (κ2) is 14.4. The minimum Gasteiger partial charge on any atom is -0.497 e. The van der Waals surface area contributed by atoms with Crippen LogP contribution in [0.1, 0.15) is 61.4 Å². The second-order valence-electron chi connectivity index (χ2n) is 15.5. The number of morpholine rings is 1. The average molecular weight is 744 g/mol. The summed E-state index contributed by atoms with van der Waals surface area (Å²) in [5.74, 6) is 3.41. The van der Waals surface area contributed by atoms with Gasteiger partial charge in [-0.05, 0) is 100 Å². The summed E-state index contributed by atoms with van der Waals surface area (Å²) >= 11 is 0. The van der Waals surface area contributed by atoms with Crippen molar-refractivity contribution in [2.45, 2.75) is 44.6 Å². The van der Waals surface area contributed by atoms with Crippen LogP contribution in [-0.4, -0.2) is 47.1 Å². The number of hydrogen-bond donors (Lipinski definition) is 0. The topological polar surface area (TPSA) is 49.4 Å². The van der Waals surface area contributed by atoms with Crippen molar-refractivity contribution in [1.29, 1.82) is 0 Å². The summed E-state index contributed by atoms with van der Waals surface area (Å²) in [4.78, 5) is 2.39. The van der Waals surface area contributed by atoms with E-state index in [1.165, 1.54) is 27.9 Å². The fourth-order valence-electron chi connectivity index (χ4n) is 8.99. The maximum atomic E-state index is 7.62. The lowest BCUT2D eigenvalue weighted by Gasteiger charge is -2.39. The first-order chi connectivity index (χ1) is 27.4. The van der Waals surface area contributed by atoms with Gasteiger partial charge in [0, 0.05) is 51.8 Å². The van der Waals surface area contributed by atoms with E-state index >= 15 is 0 Å². The highest BCUT2D eigenvalue weighted by atomic mass is 16.5. The standard InChI is InChI=1S/C50H49NO5/c1-6-7-28-55-37-19-15-35(16-20-37)50(34-13-17-36(18-14-34)51-26-29-54-30-27-51)25-24-42-47-46(43-32-38(52-4)21-23-40(43)48(42)56-50)41-22-12-33(31-44(41)49(47,2)3)39-10-8-9-11-45(39)53-5/h8-25,31-32H,6-7,26-30H2,1-5H3. The molecule has 6 heteroatoms. The van der Waals surface area contributed by atoms with E-state index in [0.717, 1.165) is 101 Å². The van der Waals surface area contributed by atoms with Gasteiger partial charge < -0.3 is 28.6 Å². The maximum absolute atomic E-state index is 7.62. The second-order valence-corrected chi connectivity index (χ2v) is 15.5. The first-order valence-electron chi connectivity index (χ1n) is 19.9. The molecule has 9 rings (SSSR count). The molecular formula is C50H49NO5.